The molecule has 0 aliphatic carbocycles. The molecular weight excluding hydrogens is 306 g/mol. The van der Waals surface area contributed by atoms with Gasteiger partial charge in [-0.15, -0.1) is 0 Å². The van der Waals surface area contributed by atoms with Crippen LogP contribution in [-0.2, 0) is 14.8 Å². The van der Waals surface area contributed by atoms with Crippen LogP contribution >= 0.6 is 11.6 Å². The fourth-order valence-corrected chi connectivity index (χ4v) is 2.67. The molecule has 0 aliphatic heterocycles. The van der Waals surface area contributed by atoms with E-state index in [1.165, 1.54) is 19.2 Å². The number of methoxy groups -OCH3 is 1. The van der Waals surface area contributed by atoms with Gasteiger partial charge in [-0.2, -0.15) is 8.42 Å². The summed E-state index contributed by atoms with van der Waals surface area (Å²) in [4.78, 5) is 11.2. The van der Waals surface area contributed by atoms with Crippen LogP contribution in [0.3, 0.4) is 0 Å². The second kappa shape index (κ2) is 5.56. The molecule has 0 bridgehead atoms. The normalized spacial score (nSPS) is 11.1. The van der Waals surface area contributed by atoms with E-state index in [2.05, 4.69) is 9.46 Å². The van der Waals surface area contributed by atoms with Crippen LogP contribution in [0.2, 0.25) is 5.02 Å². The Labute approximate surface area is 120 Å². The molecule has 1 aromatic heterocycles. The summed E-state index contributed by atoms with van der Waals surface area (Å²) >= 11 is 5.86. The first-order valence-electron chi connectivity index (χ1n) is 5.39. The highest BCUT2D eigenvalue weighted by Gasteiger charge is 2.22. The zero-order valence-corrected chi connectivity index (χ0v) is 11.9. The molecule has 1 N–H and O–H groups in total. The molecule has 2 aromatic rings. The molecule has 0 radical (unpaired) electrons. The maximum absolute atomic E-state index is 12.1. The van der Waals surface area contributed by atoms with Crippen LogP contribution in [0.4, 0.5) is 5.69 Å². The monoisotopic (exact) mass is 315 g/mol. The average molecular weight is 316 g/mol. The number of sulfonamides is 1. The van der Waals surface area contributed by atoms with Crippen molar-refractivity contribution in [3.8, 4) is 0 Å². The van der Waals surface area contributed by atoms with E-state index in [1.807, 2.05) is 0 Å². The molecule has 0 fully saturated rings. The standard InChI is InChI=1S/C12H10ClNO5S/c1-18-12(15)10-6-7-11(19-10)20(16,17)14-9-5-3-2-4-8(9)13/h2-7,14H,1H3. The third-order valence-electron chi connectivity index (χ3n) is 2.35. The second-order valence-electron chi connectivity index (χ2n) is 3.70. The van der Waals surface area contributed by atoms with Gasteiger partial charge in [-0.3, -0.25) is 4.72 Å². The summed E-state index contributed by atoms with van der Waals surface area (Å²) in [7, 11) is -2.80. The van der Waals surface area contributed by atoms with Crippen molar-refractivity contribution in [1.29, 1.82) is 0 Å². The molecule has 0 spiro atoms. The van der Waals surface area contributed by atoms with Crippen LogP contribution in [0.1, 0.15) is 10.6 Å². The second-order valence-corrected chi connectivity index (χ2v) is 5.72. The summed E-state index contributed by atoms with van der Waals surface area (Å²) in [6.45, 7) is 0. The molecular formula is C12H10ClNO5S. The number of nitrogens with one attached hydrogen (secondary N) is 1. The largest absolute Gasteiger partial charge is 0.463 e. The van der Waals surface area contributed by atoms with Crippen molar-refractivity contribution >= 4 is 33.3 Å². The molecule has 0 unspecified atom stereocenters. The Morgan fingerprint density at radius 1 is 1.25 bits per heavy atom. The predicted octanol–water partition coefficient (Wildman–Crippen LogP) is 2.52. The third kappa shape index (κ3) is 2.94. The number of para-hydroxylation sites is 1. The Bertz CT molecular complexity index is 738. The van der Waals surface area contributed by atoms with Crippen LogP contribution in [0, 0.1) is 0 Å². The fraction of sp³-hybridized carbons (Fsp3) is 0.0833. The number of hydrogen-bond donors (Lipinski definition) is 1. The van der Waals surface area contributed by atoms with Gasteiger partial charge in [0.2, 0.25) is 10.9 Å². The van der Waals surface area contributed by atoms with Gasteiger partial charge in [0.15, 0.2) is 0 Å². The van der Waals surface area contributed by atoms with Crippen molar-refractivity contribution in [2.24, 2.45) is 0 Å². The molecule has 106 valence electrons. The molecule has 20 heavy (non-hydrogen) atoms. The van der Waals surface area contributed by atoms with Crippen molar-refractivity contribution in [2.75, 3.05) is 11.8 Å². The highest BCUT2D eigenvalue weighted by atomic mass is 35.5. The lowest BCUT2D eigenvalue weighted by Crippen LogP contribution is -2.12. The minimum Gasteiger partial charge on any atom is -0.463 e. The Hall–Kier alpha value is -1.99. The number of furan rings is 1. The summed E-state index contributed by atoms with van der Waals surface area (Å²) in [5.41, 5.74) is 0.213. The van der Waals surface area contributed by atoms with Crippen molar-refractivity contribution in [3.05, 3.63) is 47.2 Å². The summed E-state index contributed by atoms with van der Waals surface area (Å²) in [5.74, 6) is -0.962. The van der Waals surface area contributed by atoms with Gasteiger partial charge in [0, 0.05) is 0 Å². The van der Waals surface area contributed by atoms with E-state index < -0.39 is 21.1 Å². The van der Waals surface area contributed by atoms with Gasteiger partial charge in [0.05, 0.1) is 17.8 Å². The van der Waals surface area contributed by atoms with Crippen molar-refractivity contribution < 1.29 is 22.4 Å². The van der Waals surface area contributed by atoms with E-state index in [-0.39, 0.29) is 16.5 Å². The van der Waals surface area contributed by atoms with Gasteiger partial charge in [0.25, 0.3) is 10.0 Å². The number of ether oxygens (including phenoxy) is 1. The number of rotatable bonds is 4. The number of halogens is 1. The van der Waals surface area contributed by atoms with Crippen molar-refractivity contribution in [2.45, 2.75) is 5.09 Å². The van der Waals surface area contributed by atoms with Crippen LogP contribution in [0.5, 0.6) is 0 Å². The lowest BCUT2D eigenvalue weighted by atomic mass is 10.3. The Balaban J connectivity index is 2.29. The van der Waals surface area contributed by atoms with Gasteiger partial charge in [0.1, 0.15) is 0 Å². The van der Waals surface area contributed by atoms with Crippen LogP contribution in [-0.4, -0.2) is 21.5 Å². The third-order valence-corrected chi connectivity index (χ3v) is 3.92. The van der Waals surface area contributed by atoms with Crippen LogP contribution in [0.25, 0.3) is 0 Å². The molecule has 1 heterocycles. The van der Waals surface area contributed by atoms with Crippen molar-refractivity contribution in [3.63, 3.8) is 0 Å². The summed E-state index contributed by atoms with van der Waals surface area (Å²) in [6, 6.07) is 8.72. The first-order chi connectivity index (χ1) is 9.44. The number of hydrogen-bond acceptors (Lipinski definition) is 5. The summed E-state index contributed by atoms with van der Waals surface area (Å²) < 4.78 is 35.8. The van der Waals surface area contributed by atoms with E-state index in [4.69, 9.17) is 16.0 Å². The molecule has 2 rings (SSSR count). The van der Waals surface area contributed by atoms with Crippen LogP contribution in [0.15, 0.2) is 45.9 Å². The average Bonchev–Trinajstić information content (AvgIpc) is 2.91. The number of carbonyl (C=O) groups excluding carboxylic acids is 1. The quantitative estimate of drug-likeness (QED) is 0.876. The number of carbonyl (C=O) groups is 1. The maximum Gasteiger partial charge on any atom is 0.374 e. The Morgan fingerprint density at radius 3 is 2.60 bits per heavy atom. The van der Waals surface area contributed by atoms with Gasteiger partial charge in [-0.1, -0.05) is 23.7 Å². The smallest absolute Gasteiger partial charge is 0.374 e. The molecule has 0 amide bonds. The Kier molecular flexibility index (Phi) is 4.01. The van der Waals surface area contributed by atoms with Gasteiger partial charge in [-0.25, -0.2) is 4.79 Å². The zero-order valence-electron chi connectivity index (χ0n) is 10.3. The lowest BCUT2D eigenvalue weighted by molar-refractivity contribution is 0.0559. The molecule has 1 aromatic carbocycles. The van der Waals surface area contributed by atoms with Gasteiger partial charge >= 0.3 is 5.97 Å². The maximum atomic E-state index is 12.1. The minimum absolute atomic E-state index is 0.202. The molecule has 0 saturated carbocycles. The SMILES string of the molecule is COC(=O)c1ccc(S(=O)(=O)Nc2ccccc2Cl)o1. The topological polar surface area (TPSA) is 85.6 Å². The summed E-state index contributed by atoms with van der Waals surface area (Å²) in [5, 5.41) is -0.159. The molecule has 0 atom stereocenters. The highest BCUT2D eigenvalue weighted by molar-refractivity contribution is 7.92. The van der Waals surface area contributed by atoms with E-state index in [1.54, 1.807) is 18.2 Å². The number of anilines is 1. The lowest BCUT2D eigenvalue weighted by Gasteiger charge is -2.06. The fourth-order valence-electron chi connectivity index (χ4n) is 1.41. The molecule has 0 saturated heterocycles. The van der Waals surface area contributed by atoms with Crippen molar-refractivity contribution in [1.82, 2.24) is 0 Å². The Morgan fingerprint density at radius 2 is 1.95 bits per heavy atom. The van der Waals surface area contributed by atoms with Crippen LogP contribution < -0.4 is 4.72 Å². The molecule has 8 heteroatoms. The van der Waals surface area contributed by atoms with Gasteiger partial charge < -0.3 is 9.15 Å². The van der Waals surface area contributed by atoms with Gasteiger partial charge in [-0.05, 0) is 24.3 Å². The minimum atomic E-state index is -3.97. The number of esters is 1. The predicted molar refractivity (Wildman–Crippen MR) is 72.3 cm³/mol. The highest BCUT2D eigenvalue weighted by Crippen LogP contribution is 2.24. The first-order valence-corrected chi connectivity index (χ1v) is 7.25. The molecule has 0 aliphatic rings. The molecule has 6 nitrogen and oxygen atoms in total. The zero-order chi connectivity index (χ0) is 14.8. The van der Waals surface area contributed by atoms with E-state index in [9.17, 15) is 13.2 Å². The van der Waals surface area contributed by atoms with E-state index in [0.717, 1.165) is 6.07 Å². The summed E-state index contributed by atoms with van der Waals surface area (Å²) in [6.07, 6.45) is 0. The van der Waals surface area contributed by atoms with E-state index >= 15 is 0 Å². The van der Waals surface area contributed by atoms with E-state index in [0.29, 0.717) is 0 Å². The first kappa shape index (κ1) is 14.4. The number of benzene rings is 1.